The van der Waals surface area contributed by atoms with Gasteiger partial charge in [-0.3, -0.25) is 47.9 Å². The minimum absolute atomic E-state index is 0.00246. The van der Waals surface area contributed by atoms with E-state index in [-0.39, 0.29) is 51.1 Å². The maximum atomic E-state index is 14.4. The van der Waals surface area contributed by atoms with Crippen LogP contribution in [-0.2, 0) is 72.0 Å². The number of nitrogens with one attached hydrogen (secondary N) is 8. The Kier molecular flexibility index (Phi) is 22.8. The minimum atomic E-state index is -1.91. The van der Waals surface area contributed by atoms with Gasteiger partial charge in [0.05, 0.1) is 25.7 Å². The van der Waals surface area contributed by atoms with Gasteiger partial charge in [0, 0.05) is 37.7 Å². The molecule has 1 fully saturated rings. The summed E-state index contributed by atoms with van der Waals surface area (Å²) in [7, 11) is 0. The molecular weight excluding hydrogens is 977 g/mol. The van der Waals surface area contributed by atoms with Crippen LogP contribution in [-0.4, -0.2) is 152 Å². The summed E-state index contributed by atoms with van der Waals surface area (Å²) in [6.07, 6.45) is 1.15. The topological polar surface area (TPSA) is 396 Å². The first-order valence-corrected chi connectivity index (χ1v) is 24.5. The van der Waals surface area contributed by atoms with Crippen molar-refractivity contribution in [3.63, 3.8) is 0 Å². The summed E-state index contributed by atoms with van der Waals surface area (Å²) in [5.41, 5.74) is 12.4. The highest BCUT2D eigenvalue weighted by molar-refractivity contribution is 5.99. The van der Waals surface area contributed by atoms with Crippen LogP contribution in [0.2, 0.25) is 0 Å². The largest absolute Gasteiger partial charge is 0.481 e. The molecule has 1 saturated heterocycles. The predicted octanol–water partition coefficient (Wildman–Crippen LogP) is -2.08. The fourth-order valence-electron chi connectivity index (χ4n) is 8.31. The van der Waals surface area contributed by atoms with Crippen LogP contribution >= 0.6 is 0 Å². The smallest absolute Gasteiger partial charge is 0.326 e. The third-order valence-electron chi connectivity index (χ3n) is 12.1. The van der Waals surface area contributed by atoms with Gasteiger partial charge in [0.25, 0.3) is 0 Å². The highest BCUT2D eigenvalue weighted by atomic mass is 16.4. The molecule has 0 radical (unpaired) electrons. The Morgan fingerprint density at radius 2 is 1.17 bits per heavy atom. The number of carboxylic acids is 2. The van der Waals surface area contributed by atoms with E-state index < -0.39 is 132 Å². The van der Waals surface area contributed by atoms with E-state index >= 15 is 0 Å². The van der Waals surface area contributed by atoms with Gasteiger partial charge in [0.15, 0.2) is 0 Å². The van der Waals surface area contributed by atoms with Crippen LogP contribution in [0.5, 0.6) is 0 Å². The SMILES string of the molecule is CC(C)C[C@H](NC(=O)CN)C(=O)N1CCC[C@H]1C(=O)N[C@@H](Cc1ccccc1)C(=O)N[C@H](C(=O)N[C@@H](Cc1cnc[nH]1)C(=O)N[C@@H](CC(N)=O)C(=O)N[C@@H](CC(=O)O)C(=O)N[C@@H](Cc1ccccc1)C(=O)O)C(C)C. The van der Waals surface area contributed by atoms with Crippen LogP contribution in [0.25, 0.3) is 0 Å². The molecule has 75 heavy (non-hydrogen) atoms. The second kappa shape index (κ2) is 28.9. The lowest BCUT2D eigenvalue weighted by Gasteiger charge is -2.31. The lowest BCUT2D eigenvalue weighted by molar-refractivity contribution is -0.144. The Labute approximate surface area is 432 Å². The third kappa shape index (κ3) is 19.0. The van der Waals surface area contributed by atoms with E-state index in [0.29, 0.717) is 23.2 Å². The molecule has 14 N–H and O–H groups in total. The standard InChI is InChI=1S/C50H68N12O13/c1-27(2)18-36(55-40(64)24-51)49(73)62-17-11-16-38(62)47(71)58-32(19-29-12-7-5-8-13-29)46(70)61-42(28(3)4)48(72)59-33(21-31-25-53-26-54-31)43(67)56-34(22-39(52)63)44(68)57-35(23-41(65)66)45(69)60-37(50(74)75)20-30-14-9-6-10-15-30/h5-10,12-15,25-28,32-38,42H,11,16-24,51H2,1-4H3,(H2,52,63)(H,53,54)(H,55,64)(H,56,67)(H,57,68)(H,58,71)(H,59,72)(H,60,69)(H,61,70)(H,65,66)(H,74,75)/t32-,33-,34-,35-,36-,37-,38-,42-/m0/s1. The van der Waals surface area contributed by atoms with Crippen molar-refractivity contribution in [3.05, 3.63) is 90.0 Å². The fraction of sp³-hybridized carbons (Fsp3) is 0.480. The molecule has 0 unspecified atom stereocenters. The third-order valence-corrected chi connectivity index (χ3v) is 12.1. The van der Waals surface area contributed by atoms with Crippen LogP contribution < -0.4 is 48.7 Å². The first-order chi connectivity index (χ1) is 35.6. The Balaban J connectivity index is 1.56. The Morgan fingerprint density at radius 3 is 1.68 bits per heavy atom. The van der Waals surface area contributed by atoms with E-state index in [0.717, 1.165) is 0 Å². The van der Waals surface area contributed by atoms with Gasteiger partial charge in [-0.25, -0.2) is 9.78 Å². The van der Waals surface area contributed by atoms with E-state index in [1.165, 1.54) is 17.4 Å². The highest BCUT2D eigenvalue weighted by Crippen LogP contribution is 2.21. The molecule has 0 bridgehead atoms. The average molecular weight is 1050 g/mol. The number of aromatic amines is 1. The molecule has 1 aromatic heterocycles. The van der Waals surface area contributed by atoms with E-state index in [2.05, 4.69) is 47.2 Å². The van der Waals surface area contributed by atoms with Crippen LogP contribution in [0.15, 0.2) is 73.2 Å². The van der Waals surface area contributed by atoms with Crippen LogP contribution in [0.1, 0.15) is 76.6 Å². The quantitative estimate of drug-likeness (QED) is 0.0355. The maximum Gasteiger partial charge on any atom is 0.326 e. The molecule has 0 spiro atoms. The van der Waals surface area contributed by atoms with Gasteiger partial charge >= 0.3 is 11.9 Å². The van der Waals surface area contributed by atoms with Crippen LogP contribution in [0.3, 0.4) is 0 Å². The van der Waals surface area contributed by atoms with Crippen molar-refractivity contribution in [2.45, 2.75) is 127 Å². The lowest BCUT2D eigenvalue weighted by Crippen LogP contribution is -2.61. The number of primary amides is 1. The summed E-state index contributed by atoms with van der Waals surface area (Å²) < 4.78 is 0. The summed E-state index contributed by atoms with van der Waals surface area (Å²) >= 11 is 0. The van der Waals surface area contributed by atoms with E-state index in [4.69, 9.17) is 11.5 Å². The zero-order chi connectivity index (χ0) is 55.4. The number of aliphatic carboxylic acids is 2. The molecule has 4 rings (SSSR count). The molecule has 8 atom stereocenters. The number of hydrogen-bond donors (Lipinski definition) is 12. The zero-order valence-electron chi connectivity index (χ0n) is 42.2. The van der Waals surface area contributed by atoms with Crippen molar-refractivity contribution in [2.75, 3.05) is 13.1 Å². The number of imidazole rings is 1. The van der Waals surface area contributed by atoms with Crippen molar-refractivity contribution in [3.8, 4) is 0 Å². The predicted molar refractivity (Wildman–Crippen MR) is 268 cm³/mol. The number of carbonyl (C=O) groups is 11. The minimum Gasteiger partial charge on any atom is -0.481 e. The molecule has 25 nitrogen and oxygen atoms in total. The number of likely N-dealkylation sites (tertiary alicyclic amines) is 1. The van der Waals surface area contributed by atoms with Gasteiger partial charge in [-0.05, 0) is 42.2 Å². The van der Waals surface area contributed by atoms with Gasteiger partial charge in [-0.2, -0.15) is 0 Å². The van der Waals surface area contributed by atoms with E-state index in [1.807, 2.05) is 13.8 Å². The first-order valence-electron chi connectivity index (χ1n) is 24.5. The zero-order valence-corrected chi connectivity index (χ0v) is 42.2. The van der Waals surface area contributed by atoms with Crippen LogP contribution in [0.4, 0.5) is 0 Å². The number of amides is 9. The normalized spacial score (nSPS) is 15.9. The number of nitrogens with two attached hydrogens (primary N) is 2. The van der Waals surface area contributed by atoms with Crippen molar-refractivity contribution < 1.29 is 63.0 Å². The van der Waals surface area contributed by atoms with Gasteiger partial charge < -0.3 is 68.8 Å². The number of benzene rings is 2. The first kappa shape index (κ1) is 59.3. The molecule has 406 valence electrons. The molecule has 0 aliphatic carbocycles. The molecule has 9 amide bonds. The van der Waals surface area contributed by atoms with Gasteiger partial charge in [0.2, 0.25) is 53.2 Å². The summed E-state index contributed by atoms with van der Waals surface area (Å²) in [6.45, 7) is 6.83. The molecule has 25 heteroatoms. The van der Waals surface area contributed by atoms with Crippen LogP contribution in [0, 0.1) is 11.8 Å². The summed E-state index contributed by atoms with van der Waals surface area (Å²) in [4.78, 5) is 155. The maximum absolute atomic E-state index is 14.4. The molecule has 1 aliphatic rings. The second-order valence-electron chi connectivity index (χ2n) is 18.9. The Bertz CT molecular complexity index is 2480. The lowest BCUT2D eigenvalue weighted by atomic mass is 9.99. The highest BCUT2D eigenvalue weighted by Gasteiger charge is 2.40. The summed E-state index contributed by atoms with van der Waals surface area (Å²) in [5.74, 6) is -11.7. The fourth-order valence-corrected chi connectivity index (χ4v) is 8.31. The number of hydrogen-bond acceptors (Lipinski definition) is 13. The molecular formula is C50H68N12O13. The monoisotopic (exact) mass is 1040 g/mol. The molecule has 1 aliphatic heterocycles. The van der Waals surface area contributed by atoms with Crippen molar-refractivity contribution in [1.82, 2.24) is 52.1 Å². The summed E-state index contributed by atoms with van der Waals surface area (Å²) in [6, 6.07) is 5.33. The van der Waals surface area contributed by atoms with Crippen molar-refractivity contribution in [2.24, 2.45) is 23.3 Å². The van der Waals surface area contributed by atoms with Gasteiger partial charge in [-0.1, -0.05) is 88.4 Å². The average Bonchev–Trinajstić information content (AvgIpc) is 4.07. The molecule has 0 saturated carbocycles. The Morgan fingerprint density at radius 1 is 0.653 bits per heavy atom. The van der Waals surface area contributed by atoms with E-state index in [1.54, 1.807) is 74.5 Å². The number of carboxylic acid groups (broad SMARTS) is 2. The van der Waals surface area contributed by atoms with Crippen molar-refractivity contribution in [1.29, 1.82) is 0 Å². The van der Waals surface area contributed by atoms with Gasteiger partial charge in [-0.15, -0.1) is 0 Å². The molecule has 3 aromatic rings. The van der Waals surface area contributed by atoms with E-state index in [9.17, 15) is 63.0 Å². The Hall–Kier alpha value is -8.22. The molecule has 2 heterocycles. The number of rotatable bonds is 29. The number of nitrogens with zero attached hydrogens (tertiary/aromatic N) is 2. The number of aromatic nitrogens is 2. The number of carbonyl (C=O) groups excluding carboxylic acids is 9. The van der Waals surface area contributed by atoms with Gasteiger partial charge in [0.1, 0.15) is 48.3 Å². The van der Waals surface area contributed by atoms with Crippen molar-refractivity contribution >= 4 is 65.1 Å². The second-order valence-corrected chi connectivity index (χ2v) is 18.9. The molecule has 2 aromatic carbocycles. The number of H-pyrrole nitrogens is 1. The summed E-state index contributed by atoms with van der Waals surface area (Å²) in [5, 5.41) is 36.9.